The molecule has 1 heterocycles. The number of benzene rings is 1. The summed E-state index contributed by atoms with van der Waals surface area (Å²) in [5.74, 6) is -10.2. The van der Waals surface area contributed by atoms with Gasteiger partial charge in [-0.3, -0.25) is 38.4 Å². The molecule has 0 saturated carbocycles. The minimum absolute atomic E-state index is 0.153. The second-order valence-electron chi connectivity index (χ2n) is 13.3. The standard InChI is InChI=1S/C35H51N9O12/c1-5-16(2)28(44-32(52)23(13-27(47)48)41-30(50)18(4)39-29(49)17(3)36)34(54)43-25(15-45)33(53)40-22(10-11-26(37)46)31(51)42-24(35(55)56)12-19-14-38-21-9-7-6-8-20(19)21/h6-9,14,16-18,22-25,28,38,45H,5,10-13,15,36H2,1-4H3,(H2,37,46)(H,39,49)(H,40,53)(H,41,50)(H,42,51)(H,43,54)(H,44,52)(H,47,48)(H,55,56). The van der Waals surface area contributed by atoms with Gasteiger partial charge in [-0.1, -0.05) is 38.5 Å². The van der Waals surface area contributed by atoms with Crippen molar-refractivity contribution in [3.05, 3.63) is 36.0 Å². The van der Waals surface area contributed by atoms with Gasteiger partial charge in [0.2, 0.25) is 41.4 Å². The highest BCUT2D eigenvalue weighted by molar-refractivity contribution is 5.98. The first kappa shape index (κ1) is 46.1. The number of aromatic nitrogens is 1. The van der Waals surface area contributed by atoms with Gasteiger partial charge in [0.05, 0.1) is 19.1 Å². The zero-order valence-electron chi connectivity index (χ0n) is 31.4. The molecule has 308 valence electrons. The van der Waals surface area contributed by atoms with Crippen molar-refractivity contribution in [2.45, 2.75) is 102 Å². The summed E-state index contributed by atoms with van der Waals surface area (Å²) in [7, 11) is 0. The van der Waals surface area contributed by atoms with E-state index in [1.54, 1.807) is 44.3 Å². The molecule has 0 fully saturated rings. The fourth-order valence-corrected chi connectivity index (χ4v) is 5.32. The number of hydrogen-bond donors (Lipinski definition) is 12. The van der Waals surface area contributed by atoms with Crippen molar-refractivity contribution >= 4 is 64.2 Å². The second-order valence-corrected chi connectivity index (χ2v) is 13.3. The van der Waals surface area contributed by atoms with E-state index in [0.29, 0.717) is 5.56 Å². The van der Waals surface area contributed by atoms with E-state index >= 15 is 0 Å². The molecule has 2 rings (SSSR count). The predicted octanol–water partition coefficient (Wildman–Crippen LogP) is -3.15. The van der Waals surface area contributed by atoms with Crippen LogP contribution in [-0.4, -0.2) is 122 Å². The Morgan fingerprint density at radius 3 is 1.88 bits per heavy atom. The number of rotatable bonds is 23. The molecule has 0 aliphatic carbocycles. The fourth-order valence-electron chi connectivity index (χ4n) is 5.32. The molecule has 7 amide bonds. The van der Waals surface area contributed by atoms with Crippen LogP contribution in [0.25, 0.3) is 10.9 Å². The van der Waals surface area contributed by atoms with Crippen LogP contribution >= 0.6 is 0 Å². The maximum absolute atomic E-state index is 13.5. The molecule has 8 unspecified atom stereocenters. The number of para-hydroxylation sites is 1. The van der Waals surface area contributed by atoms with Crippen LogP contribution in [0.5, 0.6) is 0 Å². The van der Waals surface area contributed by atoms with Gasteiger partial charge in [-0.2, -0.15) is 0 Å². The summed E-state index contributed by atoms with van der Waals surface area (Å²) in [5.41, 5.74) is 12.1. The number of primary amides is 1. The number of hydrogen-bond acceptors (Lipinski definition) is 11. The highest BCUT2D eigenvalue weighted by Crippen LogP contribution is 2.19. The molecule has 1 aromatic heterocycles. The first-order valence-electron chi connectivity index (χ1n) is 17.8. The van der Waals surface area contributed by atoms with Crippen molar-refractivity contribution < 1.29 is 58.5 Å². The van der Waals surface area contributed by atoms with E-state index in [2.05, 4.69) is 36.9 Å². The van der Waals surface area contributed by atoms with Crippen molar-refractivity contribution in [3.63, 3.8) is 0 Å². The van der Waals surface area contributed by atoms with E-state index in [1.807, 2.05) is 0 Å². The highest BCUT2D eigenvalue weighted by Gasteiger charge is 2.35. The van der Waals surface area contributed by atoms with E-state index in [1.165, 1.54) is 13.8 Å². The fraction of sp³-hybridized carbons (Fsp3) is 0.514. The number of aliphatic hydroxyl groups excluding tert-OH is 1. The van der Waals surface area contributed by atoms with E-state index in [0.717, 1.165) is 10.9 Å². The number of carbonyl (C=O) groups excluding carboxylic acids is 7. The first-order chi connectivity index (χ1) is 26.3. The Bertz CT molecular complexity index is 1760. The average Bonchev–Trinajstić information content (AvgIpc) is 3.55. The second kappa shape index (κ2) is 21.7. The molecular formula is C35H51N9O12. The van der Waals surface area contributed by atoms with Crippen molar-refractivity contribution in [2.75, 3.05) is 6.61 Å². The number of carboxylic acids is 2. The molecule has 0 spiro atoms. The van der Waals surface area contributed by atoms with E-state index in [9.17, 15) is 58.5 Å². The molecular weight excluding hydrogens is 738 g/mol. The van der Waals surface area contributed by atoms with Gasteiger partial charge in [0.15, 0.2) is 0 Å². The zero-order chi connectivity index (χ0) is 42.3. The van der Waals surface area contributed by atoms with Crippen LogP contribution in [0.2, 0.25) is 0 Å². The Hall–Kier alpha value is -6.09. The number of amides is 7. The number of aromatic amines is 1. The molecule has 8 atom stereocenters. The Morgan fingerprint density at radius 2 is 1.30 bits per heavy atom. The minimum atomic E-state index is -1.75. The highest BCUT2D eigenvalue weighted by atomic mass is 16.4. The third kappa shape index (κ3) is 14.0. The van der Waals surface area contributed by atoms with Gasteiger partial charge in [0.25, 0.3) is 0 Å². The first-order valence-corrected chi connectivity index (χ1v) is 17.8. The third-order valence-corrected chi connectivity index (χ3v) is 8.81. The maximum atomic E-state index is 13.5. The quantitative estimate of drug-likeness (QED) is 0.0530. The van der Waals surface area contributed by atoms with Crippen LogP contribution in [0.1, 0.15) is 58.9 Å². The number of nitrogens with one attached hydrogen (secondary N) is 7. The summed E-state index contributed by atoms with van der Waals surface area (Å²) in [4.78, 5) is 117. The van der Waals surface area contributed by atoms with Crippen molar-refractivity contribution in [3.8, 4) is 0 Å². The smallest absolute Gasteiger partial charge is 0.326 e. The van der Waals surface area contributed by atoms with Gasteiger partial charge < -0.3 is 63.7 Å². The average molecular weight is 790 g/mol. The van der Waals surface area contributed by atoms with Crippen LogP contribution < -0.4 is 43.4 Å². The molecule has 2 aromatic rings. The summed E-state index contributed by atoms with van der Waals surface area (Å²) >= 11 is 0. The Balaban J connectivity index is 2.23. The van der Waals surface area contributed by atoms with E-state index in [-0.39, 0.29) is 19.3 Å². The van der Waals surface area contributed by atoms with Gasteiger partial charge in [0, 0.05) is 29.9 Å². The minimum Gasteiger partial charge on any atom is -0.481 e. The number of aliphatic hydroxyl groups is 1. The normalized spacial score (nSPS) is 15.3. The monoisotopic (exact) mass is 789 g/mol. The van der Waals surface area contributed by atoms with Gasteiger partial charge in [-0.25, -0.2) is 4.79 Å². The number of aliphatic carboxylic acids is 2. The third-order valence-electron chi connectivity index (χ3n) is 8.81. The molecule has 0 radical (unpaired) electrons. The molecule has 14 N–H and O–H groups in total. The summed E-state index contributed by atoms with van der Waals surface area (Å²) in [5, 5.41) is 44.0. The molecule has 0 aliphatic heterocycles. The van der Waals surface area contributed by atoms with Crippen LogP contribution in [0, 0.1) is 5.92 Å². The van der Waals surface area contributed by atoms with Crippen LogP contribution in [-0.2, 0) is 49.6 Å². The lowest BCUT2D eigenvalue weighted by atomic mass is 9.97. The number of carboxylic acid groups (broad SMARTS) is 2. The number of nitrogens with two attached hydrogens (primary N) is 2. The molecule has 0 aliphatic rings. The topological polar surface area (TPSA) is 354 Å². The largest absolute Gasteiger partial charge is 0.481 e. The SMILES string of the molecule is CCC(C)C(NC(=O)C(CC(=O)O)NC(=O)C(C)NC(=O)C(C)N)C(=O)NC(CO)C(=O)NC(CCC(N)=O)C(=O)NC(Cc1c[nH]c2ccccc12)C(=O)O. The predicted molar refractivity (Wildman–Crippen MR) is 198 cm³/mol. The summed E-state index contributed by atoms with van der Waals surface area (Å²) in [6.07, 6.45) is -0.00182. The molecule has 56 heavy (non-hydrogen) atoms. The number of fused-ring (bicyclic) bond motifs is 1. The maximum Gasteiger partial charge on any atom is 0.326 e. The van der Waals surface area contributed by atoms with Gasteiger partial charge in [-0.15, -0.1) is 0 Å². The lowest BCUT2D eigenvalue weighted by molar-refractivity contribution is -0.143. The molecule has 21 nitrogen and oxygen atoms in total. The molecule has 0 bridgehead atoms. The summed E-state index contributed by atoms with van der Waals surface area (Å²) in [6.45, 7) is 4.84. The lowest BCUT2D eigenvalue weighted by Crippen LogP contribution is -2.61. The number of carbonyl (C=O) groups is 9. The number of H-pyrrole nitrogens is 1. The van der Waals surface area contributed by atoms with Crippen molar-refractivity contribution in [1.29, 1.82) is 0 Å². The van der Waals surface area contributed by atoms with Crippen LogP contribution in [0.4, 0.5) is 0 Å². The molecule has 21 heteroatoms. The van der Waals surface area contributed by atoms with Crippen molar-refractivity contribution in [1.82, 2.24) is 36.9 Å². The van der Waals surface area contributed by atoms with Crippen LogP contribution in [0.3, 0.4) is 0 Å². The summed E-state index contributed by atoms with van der Waals surface area (Å²) < 4.78 is 0. The van der Waals surface area contributed by atoms with E-state index in [4.69, 9.17) is 11.5 Å². The van der Waals surface area contributed by atoms with Gasteiger partial charge in [-0.05, 0) is 37.8 Å². The zero-order valence-corrected chi connectivity index (χ0v) is 31.4. The van der Waals surface area contributed by atoms with E-state index < -0.39 is 121 Å². The lowest BCUT2D eigenvalue weighted by Gasteiger charge is -2.28. The van der Waals surface area contributed by atoms with Crippen LogP contribution in [0.15, 0.2) is 30.5 Å². The van der Waals surface area contributed by atoms with Gasteiger partial charge in [0.1, 0.15) is 36.3 Å². The Kier molecular flexibility index (Phi) is 17.9. The van der Waals surface area contributed by atoms with Gasteiger partial charge >= 0.3 is 11.9 Å². The molecule has 0 saturated heterocycles. The Labute approximate surface area is 321 Å². The molecule has 1 aromatic carbocycles. The van der Waals surface area contributed by atoms with Crippen molar-refractivity contribution in [2.24, 2.45) is 17.4 Å². The Morgan fingerprint density at radius 1 is 0.732 bits per heavy atom. The summed E-state index contributed by atoms with van der Waals surface area (Å²) in [6, 6.07) is -3.07.